The van der Waals surface area contributed by atoms with Gasteiger partial charge in [-0.1, -0.05) is 23.2 Å². The average molecular weight is 279 g/mol. The molecule has 84 valence electrons. The Balaban J connectivity index is 2.22. The van der Waals surface area contributed by atoms with Gasteiger partial charge in [0.15, 0.2) is 9.49 Å². The summed E-state index contributed by atoms with van der Waals surface area (Å²) >= 11 is 12.6. The van der Waals surface area contributed by atoms with E-state index in [9.17, 15) is 10.1 Å². The van der Waals surface area contributed by atoms with Crippen LogP contribution in [0, 0.1) is 10.1 Å². The Hall–Kier alpha value is -1.18. The van der Waals surface area contributed by atoms with Gasteiger partial charge >= 0.3 is 5.82 Å². The van der Waals surface area contributed by atoms with E-state index < -0.39 is 4.92 Å². The van der Waals surface area contributed by atoms with E-state index in [-0.39, 0.29) is 10.8 Å². The van der Waals surface area contributed by atoms with Crippen molar-refractivity contribution < 1.29 is 4.92 Å². The third kappa shape index (κ3) is 2.31. The predicted octanol–water partition coefficient (Wildman–Crippen LogP) is 2.60. The predicted molar refractivity (Wildman–Crippen MR) is 60.1 cm³/mol. The fourth-order valence-electron chi connectivity index (χ4n) is 1.11. The summed E-state index contributed by atoms with van der Waals surface area (Å²) < 4.78 is 1.80. The Morgan fingerprint density at radius 3 is 2.81 bits per heavy atom. The molecule has 0 saturated heterocycles. The van der Waals surface area contributed by atoms with Crippen molar-refractivity contribution in [3.63, 3.8) is 0 Å². The molecular weight excluding hydrogens is 275 g/mol. The molecule has 9 heteroatoms. The molecule has 2 heterocycles. The Morgan fingerprint density at radius 1 is 1.56 bits per heavy atom. The lowest BCUT2D eigenvalue weighted by atomic mass is 10.5. The molecule has 0 radical (unpaired) electrons. The average Bonchev–Trinajstić information content (AvgIpc) is 2.73. The second-order valence-corrected chi connectivity index (χ2v) is 4.94. The van der Waals surface area contributed by atoms with Gasteiger partial charge in [0.1, 0.15) is 0 Å². The lowest BCUT2D eigenvalue weighted by Gasteiger charge is -1.90. The molecule has 0 atom stereocenters. The quantitative estimate of drug-likeness (QED) is 0.639. The standard InChI is InChI=1S/C7H4Cl2N4O2S/c8-5-3-12(11-6(5)13(14)15)2-4-1-10-7(9)16-4/h1,3H,2H2. The lowest BCUT2D eigenvalue weighted by molar-refractivity contribution is -0.389. The van der Waals surface area contributed by atoms with Gasteiger partial charge in [-0.2, -0.15) is 4.68 Å². The highest BCUT2D eigenvalue weighted by atomic mass is 35.5. The summed E-state index contributed by atoms with van der Waals surface area (Å²) in [5.74, 6) is -0.350. The second kappa shape index (κ2) is 4.36. The summed E-state index contributed by atoms with van der Waals surface area (Å²) in [5, 5.41) is 14.3. The van der Waals surface area contributed by atoms with Crippen LogP contribution in [0.2, 0.25) is 9.49 Å². The molecule has 0 bridgehead atoms. The maximum absolute atomic E-state index is 10.5. The van der Waals surface area contributed by atoms with Gasteiger partial charge in [-0.3, -0.25) is 0 Å². The molecule has 6 nitrogen and oxygen atoms in total. The van der Waals surface area contributed by atoms with Crippen molar-refractivity contribution in [2.45, 2.75) is 6.54 Å². The fourth-order valence-corrected chi connectivity index (χ4v) is 2.30. The number of aromatic nitrogens is 3. The van der Waals surface area contributed by atoms with Crippen molar-refractivity contribution >= 4 is 40.4 Å². The highest BCUT2D eigenvalue weighted by Crippen LogP contribution is 2.23. The van der Waals surface area contributed by atoms with E-state index in [1.807, 2.05) is 0 Å². The van der Waals surface area contributed by atoms with Crippen LogP contribution in [0.1, 0.15) is 4.88 Å². The zero-order valence-corrected chi connectivity index (χ0v) is 9.96. The number of hydrogen-bond donors (Lipinski definition) is 0. The Morgan fingerprint density at radius 2 is 2.31 bits per heavy atom. The molecule has 0 spiro atoms. The molecule has 0 aromatic carbocycles. The molecule has 2 rings (SSSR count). The first kappa shape index (κ1) is 11.3. The highest BCUT2D eigenvalue weighted by Gasteiger charge is 2.19. The Bertz CT molecular complexity index is 538. The molecule has 0 amide bonds. The van der Waals surface area contributed by atoms with Crippen LogP contribution in [-0.4, -0.2) is 19.7 Å². The Kier molecular flexibility index (Phi) is 3.08. The molecular formula is C7H4Cl2N4O2S. The molecule has 0 aliphatic heterocycles. The van der Waals surface area contributed by atoms with Crippen LogP contribution in [0.25, 0.3) is 0 Å². The van der Waals surface area contributed by atoms with E-state index in [4.69, 9.17) is 23.2 Å². The van der Waals surface area contributed by atoms with E-state index in [1.165, 1.54) is 22.2 Å². The minimum Gasteiger partial charge on any atom is -0.358 e. The van der Waals surface area contributed by atoms with Crippen LogP contribution in [0.15, 0.2) is 12.4 Å². The van der Waals surface area contributed by atoms with Gasteiger partial charge in [0.05, 0.1) is 17.8 Å². The van der Waals surface area contributed by atoms with Crippen molar-refractivity contribution in [3.8, 4) is 0 Å². The zero-order valence-electron chi connectivity index (χ0n) is 7.63. The fraction of sp³-hybridized carbons (Fsp3) is 0.143. The zero-order chi connectivity index (χ0) is 11.7. The first-order valence-corrected chi connectivity index (χ1v) is 5.61. The van der Waals surface area contributed by atoms with Crippen molar-refractivity contribution in [1.82, 2.24) is 14.8 Å². The summed E-state index contributed by atoms with van der Waals surface area (Å²) in [4.78, 5) is 14.6. The molecule has 0 saturated carbocycles. The number of nitrogens with zero attached hydrogens (tertiary/aromatic N) is 4. The van der Waals surface area contributed by atoms with Crippen LogP contribution in [0.5, 0.6) is 0 Å². The van der Waals surface area contributed by atoms with Crippen LogP contribution in [0.4, 0.5) is 5.82 Å². The maximum atomic E-state index is 10.5. The van der Waals surface area contributed by atoms with E-state index in [1.54, 1.807) is 6.20 Å². The smallest absolute Gasteiger partial charge is 0.358 e. The van der Waals surface area contributed by atoms with Gasteiger partial charge in [-0.05, 0) is 4.92 Å². The topological polar surface area (TPSA) is 73.8 Å². The van der Waals surface area contributed by atoms with Gasteiger partial charge in [0.25, 0.3) is 0 Å². The van der Waals surface area contributed by atoms with E-state index in [0.29, 0.717) is 11.0 Å². The number of nitro groups is 1. The molecule has 0 fully saturated rings. The minimum atomic E-state index is -0.627. The summed E-state index contributed by atoms with van der Waals surface area (Å²) in [6, 6.07) is 0. The third-order valence-corrected chi connectivity index (χ3v) is 3.08. The summed E-state index contributed by atoms with van der Waals surface area (Å²) in [6.45, 7) is 0.359. The molecule has 0 N–H and O–H groups in total. The molecule has 0 aliphatic rings. The van der Waals surface area contributed by atoms with Gasteiger partial charge in [-0.25, -0.2) is 4.98 Å². The first-order valence-electron chi connectivity index (χ1n) is 4.04. The first-order chi connectivity index (χ1) is 7.56. The largest absolute Gasteiger partial charge is 0.408 e. The second-order valence-electron chi connectivity index (χ2n) is 2.83. The van der Waals surface area contributed by atoms with Crippen LogP contribution in [-0.2, 0) is 6.54 Å². The summed E-state index contributed by atoms with van der Waals surface area (Å²) in [7, 11) is 0. The Labute approximate surface area is 104 Å². The molecule has 16 heavy (non-hydrogen) atoms. The summed E-state index contributed by atoms with van der Waals surface area (Å²) in [6.07, 6.45) is 2.99. The van der Waals surface area contributed by atoms with Crippen LogP contribution >= 0.6 is 34.5 Å². The van der Waals surface area contributed by atoms with Crippen LogP contribution < -0.4 is 0 Å². The molecule has 2 aromatic rings. The van der Waals surface area contributed by atoms with Crippen molar-refractivity contribution in [3.05, 3.63) is 36.9 Å². The number of hydrogen-bond acceptors (Lipinski definition) is 5. The molecule has 0 aliphatic carbocycles. The molecule has 0 unspecified atom stereocenters. The van der Waals surface area contributed by atoms with Gasteiger partial charge in [0, 0.05) is 11.1 Å². The van der Waals surface area contributed by atoms with E-state index in [2.05, 4.69) is 10.1 Å². The number of halogens is 2. The monoisotopic (exact) mass is 278 g/mol. The van der Waals surface area contributed by atoms with Crippen molar-refractivity contribution in [2.75, 3.05) is 0 Å². The number of thiazole rings is 1. The molecule has 2 aromatic heterocycles. The highest BCUT2D eigenvalue weighted by molar-refractivity contribution is 7.15. The van der Waals surface area contributed by atoms with Gasteiger partial charge < -0.3 is 10.1 Å². The van der Waals surface area contributed by atoms with E-state index >= 15 is 0 Å². The van der Waals surface area contributed by atoms with Gasteiger partial charge in [0.2, 0.25) is 0 Å². The maximum Gasteiger partial charge on any atom is 0.408 e. The minimum absolute atomic E-state index is 0.0145. The van der Waals surface area contributed by atoms with Gasteiger partial charge in [-0.15, -0.1) is 11.3 Å². The SMILES string of the molecule is O=[N+]([O-])c1nn(Cc2cnc(Cl)s2)cc1Cl. The normalized spacial score (nSPS) is 10.6. The number of rotatable bonds is 3. The third-order valence-electron chi connectivity index (χ3n) is 1.72. The lowest BCUT2D eigenvalue weighted by Crippen LogP contribution is -1.99. The van der Waals surface area contributed by atoms with Crippen molar-refractivity contribution in [2.24, 2.45) is 0 Å². The van der Waals surface area contributed by atoms with Crippen molar-refractivity contribution in [1.29, 1.82) is 0 Å². The summed E-state index contributed by atoms with van der Waals surface area (Å²) in [5.41, 5.74) is 0. The van der Waals surface area contributed by atoms with Crippen LogP contribution in [0.3, 0.4) is 0 Å². The van der Waals surface area contributed by atoms with E-state index in [0.717, 1.165) is 4.88 Å².